The van der Waals surface area contributed by atoms with E-state index >= 15 is 0 Å². The van der Waals surface area contributed by atoms with Crippen LogP contribution >= 0.6 is 35.0 Å². The Hall–Kier alpha value is -3.24. The third-order valence-corrected chi connectivity index (χ3v) is 7.20. The number of carbonyl (C=O) groups is 2. The van der Waals surface area contributed by atoms with Crippen molar-refractivity contribution >= 4 is 58.2 Å². The first-order valence-corrected chi connectivity index (χ1v) is 12.0. The fourth-order valence-corrected chi connectivity index (χ4v) is 5.23. The van der Waals surface area contributed by atoms with E-state index in [-0.39, 0.29) is 16.5 Å². The summed E-state index contributed by atoms with van der Waals surface area (Å²) < 4.78 is 0. The summed E-state index contributed by atoms with van der Waals surface area (Å²) in [5.41, 5.74) is 2.95. The second-order valence-electron chi connectivity index (χ2n) is 7.68. The van der Waals surface area contributed by atoms with Gasteiger partial charge in [-0.1, -0.05) is 83.0 Å². The minimum Gasteiger partial charge on any atom is -0.321 e. The lowest BCUT2D eigenvalue weighted by Gasteiger charge is -2.18. The van der Waals surface area contributed by atoms with Crippen molar-refractivity contribution in [2.45, 2.75) is 18.6 Å². The predicted octanol–water partition coefficient (Wildman–Crippen LogP) is 6.37. The molecule has 5 nitrogen and oxygen atoms in total. The van der Waals surface area contributed by atoms with Crippen LogP contribution in [0.25, 0.3) is 0 Å². The van der Waals surface area contributed by atoms with Crippen LogP contribution in [0.2, 0.25) is 10.0 Å². The molecule has 1 fully saturated rings. The first-order valence-electron chi connectivity index (χ1n) is 10.4. The fourth-order valence-electron chi connectivity index (χ4n) is 3.62. The Morgan fingerprint density at radius 2 is 1.82 bits per heavy atom. The molecule has 0 saturated carbocycles. The number of anilines is 2. The molecule has 2 amide bonds. The molecule has 0 aromatic heterocycles. The van der Waals surface area contributed by atoms with Crippen molar-refractivity contribution in [3.05, 3.63) is 105 Å². The van der Waals surface area contributed by atoms with Crippen LogP contribution in [0.3, 0.4) is 0 Å². The van der Waals surface area contributed by atoms with E-state index in [9.17, 15) is 14.9 Å². The van der Waals surface area contributed by atoms with Gasteiger partial charge in [-0.2, -0.15) is 5.26 Å². The Labute approximate surface area is 212 Å². The average molecular weight is 508 g/mol. The molecule has 0 unspecified atom stereocenters. The van der Waals surface area contributed by atoms with Gasteiger partial charge < -0.3 is 5.32 Å². The standard InChI is InChI=1S/C26H19Cl2N3O2S/c1-16-6-5-7-17(12-16)13-23-25(33)31(19-8-3-2-4-9-19)26(34-23)20(15-29)24(32)30-18-10-11-21(27)22(28)14-18/h2-12,14,23H,13H2,1H3,(H,30,32)/b26-20-/t23-/m0/s1. The molecule has 3 aromatic carbocycles. The number of aryl methyl sites for hydroxylation is 1. The first-order chi connectivity index (χ1) is 16.4. The van der Waals surface area contributed by atoms with Gasteiger partial charge in [-0.3, -0.25) is 14.5 Å². The highest BCUT2D eigenvalue weighted by molar-refractivity contribution is 8.05. The zero-order valence-corrected chi connectivity index (χ0v) is 20.4. The number of amides is 2. The summed E-state index contributed by atoms with van der Waals surface area (Å²) in [4.78, 5) is 28.0. The highest BCUT2D eigenvalue weighted by Gasteiger charge is 2.40. The second-order valence-corrected chi connectivity index (χ2v) is 9.69. The summed E-state index contributed by atoms with van der Waals surface area (Å²) in [7, 11) is 0. The smallest absolute Gasteiger partial charge is 0.269 e. The van der Waals surface area contributed by atoms with Gasteiger partial charge in [-0.15, -0.1) is 0 Å². The van der Waals surface area contributed by atoms with Crippen molar-refractivity contribution in [2.75, 3.05) is 10.2 Å². The number of halogens is 2. The van der Waals surface area contributed by atoms with Gasteiger partial charge in [0, 0.05) is 11.4 Å². The Bertz CT molecular complexity index is 1340. The number of hydrogen-bond donors (Lipinski definition) is 1. The molecule has 8 heteroatoms. The Kier molecular flexibility index (Phi) is 7.28. The molecule has 4 rings (SSSR count). The lowest BCUT2D eigenvalue weighted by atomic mass is 10.1. The van der Waals surface area contributed by atoms with Gasteiger partial charge in [-0.05, 0) is 49.2 Å². The van der Waals surface area contributed by atoms with Crippen LogP contribution < -0.4 is 10.2 Å². The molecular formula is C26H19Cl2N3O2S. The summed E-state index contributed by atoms with van der Waals surface area (Å²) in [5, 5.41) is 13.1. The molecule has 1 atom stereocenters. The van der Waals surface area contributed by atoms with Crippen molar-refractivity contribution in [2.24, 2.45) is 0 Å². The minimum atomic E-state index is -0.631. The molecule has 170 valence electrons. The quantitative estimate of drug-likeness (QED) is 0.321. The zero-order chi connectivity index (χ0) is 24.2. The molecule has 1 heterocycles. The van der Waals surface area contributed by atoms with Crippen LogP contribution in [0.15, 0.2) is 83.4 Å². The normalized spacial score (nSPS) is 16.8. The van der Waals surface area contributed by atoms with E-state index in [0.29, 0.717) is 27.8 Å². The fraction of sp³-hybridized carbons (Fsp3) is 0.115. The molecule has 34 heavy (non-hydrogen) atoms. The average Bonchev–Trinajstić information content (AvgIpc) is 3.13. The summed E-state index contributed by atoms with van der Waals surface area (Å²) in [5.74, 6) is -0.809. The van der Waals surface area contributed by atoms with Crippen LogP contribution in [0.5, 0.6) is 0 Å². The van der Waals surface area contributed by atoms with Crippen molar-refractivity contribution in [3.63, 3.8) is 0 Å². The maximum absolute atomic E-state index is 13.5. The van der Waals surface area contributed by atoms with Crippen LogP contribution in [0.4, 0.5) is 11.4 Å². The van der Waals surface area contributed by atoms with Gasteiger partial charge >= 0.3 is 0 Å². The largest absolute Gasteiger partial charge is 0.321 e. The van der Waals surface area contributed by atoms with E-state index in [4.69, 9.17) is 23.2 Å². The van der Waals surface area contributed by atoms with Crippen LogP contribution in [0.1, 0.15) is 11.1 Å². The highest BCUT2D eigenvalue weighted by Crippen LogP contribution is 2.42. The topological polar surface area (TPSA) is 73.2 Å². The van der Waals surface area contributed by atoms with Crippen LogP contribution in [0, 0.1) is 18.3 Å². The lowest BCUT2D eigenvalue weighted by molar-refractivity contribution is -0.117. The molecule has 0 spiro atoms. The number of nitrogens with one attached hydrogen (secondary N) is 1. The summed E-state index contributed by atoms with van der Waals surface area (Å²) in [6, 6.07) is 23.6. The number of benzene rings is 3. The van der Waals surface area contributed by atoms with Crippen molar-refractivity contribution in [1.29, 1.82) is 5.26 Å². The van der Waals surface area contributed by atoms with Crippen LogP contribution in [-0.2, 0) is 16.0 Å². The maximum Gasteiger partial charge on any atom is 0.269 e. The van der Waals surface area contributed by atoms with Gasteiger partial charge in [-0.25, -0.2) is 0 Å². The van der Waals surface area contributed by atoms with Gasteiger partial charge in [0.15, 0.2) is 0 Å². The zero-order valence-electron chi connectivity index (χ0n) is 18.1. The monoisotopic (exact) mass is 507 g/mol. The molecule has 0 aliphatic carbocycles. The third kappa shape index (κ3) is 5.13. The molecule has 3 aromatic rings. The van der Waals surface area contributed by atoms with Crippen molar-refractivity contribution in [3.8, 4) is 6.07 Å². The van der Waals surface area contributed by atoms with Gasteiger partial charge in [0.05, 0.1) is 15.3 Å². The van der Waals surface area contributed by atoms with Crippen LogP contribution in [-0.4, -0.2) is 17.1 Å². The SMILES string of the molecule is Cc1cccc(C[C@@H]2S/C(=C(/C#N)C(=O)Nc3ccc(Cl)c(Cl)c3)N(c3ccccc3)C2=O)c1. The number of nitrogens with zero attached hydrogens (tertiary/aromatic N) is 2. The minimum absolute atomic E-state index is 0.153. The Morgan fingerprint density at radius 1 is 1.06 bits per heavy atom. The van der Waals surface area contributed by atoms with E-state index in [2.05, 4.69) is 5.32 Å². The summed E-state index contributed by atoms with van der Waals surface area (Å²) in [6.07, 6.45) is 0.477. The molecule has 0 radical (unpaired) electrons. The van der Waals surface area contributed by atoms with E-state index < -0.39 is 11.2 Å². The molecular weight excluding hydrogens is 489 g/mol. The first kappa shape index (κ1) is 23.9. The molecule has 1 aliphatic rings. The molecule has 1 aliphatic heterocycles. The van der Waals surface area contributed by atoms with Gasteiger partial charge in [0.2, 0.25) is 5.91 Å². The van der Waals surface area contributed by atoms with E-state index in [1.54, 1.807) is 36.4 Å². The Balaban J connectivity index is 1.71. The summed E-state index contributed by atoms with van der Waals surface area (Å²) in [6.45, 7) is 2.00. The number of carbonyl (C=O) groups excluding carboxylic acids is 2. The molecule has 0 bridgehead atoms. The number of thioether (sulfide) groups is 1. The Morgan fingerprint density at radius 3 is 2.50 bits per heavy atom. The van der Waals surface area contributed by atoms with E-state index in [1.807, 2.05) is 43.3 Å². The van der Waals surface area contributed by atoms with E-state index in [1.165, 1.54) is 22.7 Å². The van der Waals surface area contributed by atoms with Crippen molar-refractivity contribution in [1.82, 2.24) is 0 Å². The predicted molar refractivity (Wildman–Crippen MR) is 138 cm³/mol. The van der Waals surface area contributed by atoms with Gasteiger partial charge in [0.1, 0.15) is 16.7 Å². The number of para-hydroxylation sites is 1. The van der Waals surface area contributed by atoms with Gasteiger partial charge in [0.25, 0.3) is 5.91 Å². The lowest BCUT2D eigenvalue weighted by Crippen LogP contribution is -2.30. The second kappa shape index (κ2) is 10.4. The van der Waals surface area contributed by atoms with Crippen molar-refractivity contribution < 1.29 is 9.59 Å². The number of nitriles is 1. The molecule has 1 saturated heterocycles. The molecule has 1 N–H and O–H groups in total. The highest BCUT2D eigenvalue weighted by atomic mass is 35.5. The number of rotatable bonds is 5. The third-order valence-electron chi connectivity index (χ3n) is 5.20. The number of hydrogen-bond acceptors (Lipinski definition) is 4. The summed E-state index contributed by atoms with van der Waals surface area (Å²) >= 11 is 13.2. The maximum atomic E-state index is 13.5. The van der Waals surface area contributed by atoms with E-state index in [0.717, 1.165) is 11.1 Å².